The number of alkyl halides is 3. The van der Waals surface area contributed by atoms with Crippen LogP contribution in [0.2, 0.25) is 0 Å². The van der Waals surface area contributed by atoms with Crippen molar-refractivity contribution in [3.8, 4) is 5.88 Å². The second-order valence-corrected chi connectivity index (χ2v) is 7.91. The standard InChI is InChI=1S/C19H15F3N2O3S/c20-19(21,22)28(25,26)27-18-17(12-14-7-1-3-9-15(14)23-18)24-11-5-8-13-6-2-4-10-16(13)24/h1-4,6-7,9-10,12H,5,8,11H2. The van der Waals surface area contributed by atoms with Crippen LogP contribution in [0.3, 0.4) is 0 Å². The van der Waals surface area contributed by atoms with Gasteiger partial charge in [-0.3, -0.25) is 0 Å². The van der Waals surface area contributed by atoms with Gasteiger partial charge in [0, 0.05) is 17.6 Å². The van der Waals surface area contributed by atoms with Crippen LogP contribution >= 0.6 is 0 Å². The highest BCUT2D eigenvalue weighted by Gasteiger charge is 2.49. The molecule has 2 heterocycles. The highest BCUT2D eigenvalue weighted by molar-refractivity contribution is 7.88. The van der Waals surface area contributed by atoms with E-state index in [1.54, 1.807) is 35.2 Å². The maximum absolute atomic E-state index is 12.9. The number of hydrogen-bond acceptors (Lipinski definition) is 5. The molecule has 4 rings (SSSR count). The van der Waals surface area contributed by atoms with Gasteiger partial charge in [0.05, 0.1) is 5.52 Å². The number of para-hydroxylation sites is 2. The SMILES string of the molecule is O=S(=O)(Oc1nc2ccccc2cc1N1CCCc2ccccc21)C(F)(F)F. The van der Waals surface area contributed by atoms with Gasteiger partial charge in [0.2, 0.25) is 0 Å². The third-order valence-electron chi connectivity index (χ3n) is 4.54. The third kappa shape index (κ3) is 3.26. The summed E-state index contributed by atoms with van der Waals surface area (Å²) < 4.78 is 66.4. The lowest BCUT2D eigenvalue weighted by atomic mass is 10.0. The molecule has 0 atom stereocenters. The maximum atomic E-state index is 12.9. The number of benzene rings is 2. The second-order valence-electron chi connectivity index (χ2n) is 6.37. The molecule has 0 saturated carbocycles. The van der Waals surface area contributed by atoms with E-state index >= 15 is 0 Å². The number of fused-ring (bicyclic) bond motifs is 2. The van der Waals surface area contributed by atoms with Gasteiger partial charge in [0.15, 0.2) is 0 Å². The molecular weight excluding hydrogens is 393 g/mol. The minimum atomic E-state index is -5.85. The number of pyridine rings is 1. The lowest BCUT2D eigenvalue weighted by Gasteiger charge is -2.32. The molecule has 146 valence electrons. The topological polar surface area (TPSA) is 59.5 Å². The van der Waals surface area contributed by atoms with Crippen molar-refractivity contribution in [2.75, 3.05) is 11.4 Å². The molecule has 9 heteroatoms. The molecule has 0 aliphatic carbocycles. The zero-order chi connectivity index (χ0) is 19.9. The Morgan fingerprint density at radius 1 is 1.00 bits per heavy atom. The van der Waals surface area contributed by atoms with Gasteiger partial charge < -0.3 is 9.08 Å². The normalized spacial score (nSPS) is 14.8. The molecule has 0 fully saturated rings. The van der Waals surface area contributed by atoms with Crippen molar-refractivity contribution in [2.24, 2.45) is 0 Å². The molecule has 1 aliphatic heterocycles. The number of nitrogens with zero attached hydrogens (tertiary/aromatic N) is 2. The van der Waals surface area contributed by atoms with Crippen LogP contribution in [0, 0.1) is 0 Å². The van der Waals surface area contributed by atoms with E-state index in [2.05, 4.69) is 9.17 Å². The first-order valence-corrected chi connectivity index (χ1v) is 9.93. The van der Waals surface area contributed by atoms with Crippen molar-refractivity contribution in [1.82, 2.24) is 4.98 Å². The minimum Gasteiger partial charge on any atom is -0.353 e. The summed E-state index contributed by atoms with van der Waals surface area (Å²) in [4.78, 5) is 5.83. The summed E-state index contributed by atoms with van der Waals surface area (Å²) in [5.41, 5.74) is -3.22. The Kier molecular flexibility index (Phi) is 4.41. The van der Waals surface area contributed by atoms with E-state index in [9.17, 15) is 21.6 Å². The largest absolute Gasteiger partial charge is 0.534 e. The van der Waals surface area contributed by atoms with Crippen molar-refractivity contribution >= 4 is 32.4 Å². The first-order chi connectivity index (χ1) is 13.3. The fraction of sp³-hybridized carbons (Fsp3) is 0.211. The quantitative estimate of drug-likeness (QED) is 0.470. The first-order valence-electron chi connectivity index (χ1n) is 8.52. The molecule has 0 spiro atoms. The molecular formula is C19H15F3N2O3S. The molecule has 1 aromatic heterocycles. The molecule has 28 heavy (non-hydrogen) atoms. The van der Waals surface area contributed by atoms with Gasteiger partial charge in [-0.15, -0.1) is 0 Å². The van der Waals surface area contributed by atoms with Gasteiger partial charge in [0.25, 0.3) is 5.88 Å². The van der Waals surface area contributed by atoms with Crippen LogP contribution in [0.25, 0.3) is 10.9 Å². The van der Waals surface area contributed by atoms with Crippen molar-refractivity contribution < 1.29 is 25.8 Å². The summed E-state index contributed by atoms with van der Waals surface area (Å²) in [6, 6.07) is 15.8. The number of hydrogen-bond donors (Lipinski definition) is 0. The molecule has 0 radical (unpaired) electrons. The zero-order valence-corrected chi connectivity index (χ0v) is 15.3. The monoisotopic (exact) mass is 408 g/mol. The average Bonchev–Trinajstić information content (AvgIpc) is 2.66. The maximum Gasteiger partial charge on any atom is 0.534 e. The second kappa shape index (κ2) is 6.66. The molecule has 2 aromatic carbocycles. The Labute approximate surface area is 159 Å². The molecule has 0 saturated heterocycles. The smallest absolute Gasteiger partial charge is 0.353 e. The van der Waals surface area contributed by atoms with Gasteiger partial charge in [0.1, 0.15) is 5.69 Å². The van der Waals surface area contributed by atoms with Crippen LogP contribution < -0.4 is 9.08 Å². The molecule has 1 aliphatic rings. The van der Waals surface area contributed by atoms with Gasteiger partial charge in [-0.1, -0.05) is 36.4 Å². The Morgan fingerprint density at radius 3 is 2.50 bits per heavy atom. The Morgan fingerprint density at radius 2 is 1.71 bits per heavy atom. The fourth-order valence-corrected chi connectivity index (χ4v) is 3.70. The van der Waals surface area contributed by atoms with Crippen molar-refractivity contribution in [1.29, 1.82) is 0 Å². The molecule has 0 amide bonds. The van der Waals surface area contributed by atoms with Gasteiger partial charge in [-0.05, 0) is 36.6 Å². The van der Waals surface area contributed by atoms with Gasteiger partial charge in [-0.25, -0.2) is 4.98 Å². The van der Waals surface area contributed by atoms with E-state index in [1.165, 1.54) is 0 Å². The van der Waals surface area contributed by atoms with E-state index in [-0.39, 0.29) is 5.69 Å². The van der Waals surface area contributed by atoms with E-state index in [0.29, 0.717) is 17.4 Å². The summed E-state index contributed by atoms with van der Waals surface area (Å²) in [6.07, 6.45) is 1.58. The van der Waals surface area contributed by atoms with E-state index in [1.807, 2.05) is 24.3 Å². The summed E-state index contributed by atoms with van der Waals surface area (Å²) in [7, 11) is -5.85. The van der Waals surface area contributed by atoms with Crippen LogP contribution in [0.1, 0.15) is 12.0 Å². The summed E-state index contributed by atoms with van der Waals surface area (Å²) in [5, 5.41) is 0.664. The molecule has 0 N–H and O–H groups in total. The summed E-state index contributed by atoms with van der Waals surface area (Å²) in [6.45, 7) is 0.499. The Hall–Kier alpha value is -2.81. The Balaban J connectivity index is 1.90. The number of aryl methyl sites for hydroxylation is 1. The van der Waals surface area contributed by atoms with Crippen LogP contribution in [0.5, 0.6) is 5.88 Å². The highest BCUT2D eigenvalue weighted by Crippen LogP contribution is 2.40. The predicted molar refractivity (Wildman–Crippen MR) is 99.1 cm³/mol. The summed E-state index contributed by atoms with van der Waals surface area (Å²) in [5.74, 6) is -0.590. The molecule has 0 bridgehead atoms. The molecule has 5 nitrogen and oxygen atoms in total. The van der Waals surface area contributed by atoms with Crippen molar-refractivity contribution in [3.63, 3.8) is 0 Å². The average molecular weight is 408 g/mol. The van der Waals surface area contributed by atoms with Crippen LogP contribution in [-0.2, 0) is 16.5 Å². The highest BCUT2D eigenvalue weighted by atomic mass is 32.2. The lowest BCUT2D eigenvalue weighted by Crippen LogP contribution is -2.30. The minimum absolute atomic E-state index is 0.179. The number of anilines is 2. The van der Waals surface area contributed by atoms with Crippen molar-refractivity contribution in [3.05, 3.63) is 60.2 Å². The molecule has 0 unspecified atom stereocenters. The summed E-state index contributed by atoms with van der Waals surface area (Å²) >= 11 is 0. The van der Waals surface area contributed by atoms with E-state index in [4.69, 9.17) is 0 Å². The van der Waals surface area contributed by atoms with Crippen LogP contribution in [0.15, 0.2) is 54.6 Å². The number of halogens is 3. The number of aromatic nitrogens is 1. The molecule has 3 aromatic rings. The first kappa shape index (κ1) is 18.5. The van der Waals surface area contributed by atoms with Crippen LogP contribution in [0.4, 0.5) is 24.5 Å². The van der Waals surface area contributed by atoms with E-state index in [0.717, 1.165) is 24.1 Å². The van der Waals surface area contributed by atoms with E-state index < -0.39 is 21.5 Å². The zero-order valence-electron chi connectivity index (χ0n) is 14.5. The van der Waals surface area contributed by atoms with Crippen molar-refractivity contribution in [2.45, 2.75) is 18.3 Å². The number of rotatable bonds is 3. The van der Waals surface area contributed by atoms with Crippen LogP contribution in [-0.4, -0.2) is 25.5 Å². The fourth-order valence-electron chi connectivity index (χ4n) is 3.28. The third-order valence-corrected chi connectivity index (χ3v) is 5.49. The van der Waals surface area contributed by atoms with Gasteiger partial charge in [-0.2, -0.15) is 21.6 Å². The Bertz CT molecular complexity index is 1150. The predicted octanol–water partition coefficient (Wildman–Crippen LogP) is 4.55. The lowest BCUT2D eigenvalue weighted by molar-refractivity contribution is -0.0501. The van der Waals surface area contributed by atoms with Gasteiger partial charge >= 0.3 is 15.6 Å².